The Kier molecular flexibility index (Phi) is 4.80. The Balaban J connectivity index is 1.70. The maximum Gasteiger partial charge on any atom is 0.287 e. The van der Waals surface area contributed by atoms with Gasteiger partial charge in [-0.1, -0.05) is 24.3 Å². The van der Waals surface area contributed by atoms with E-state index in [1.807, 2.05) is 0 Å². The number of halogens is 1. The van der Waals surface area contributed by atoms with Crippen molar-refractivity contribution in [3.63, 3.8) is 0 Å². The molecule has 3 aromatic rings. The number of hydrogen-bond donors (Lipinski definition) is 2. The van der Waals surface area contributed by atoms with Gasteiger partial charge in [-0.2, -0.15) is 0 Å². The summed E-state index contributed by atoms with van der Waals surface area (Å²) in [6.45, 7) is 1.93. The first-order chi connectivity index (χ1) is 12.2. The Morgan fingerprint density at radius 3 is 2.46 bits per heavy atom. The summed E-state index contributed by atoms with van der Waals surface area (Å²) in [5.41, 5.74) is 2.37. The van der Waals surface area contributed by atoms with Crippen molar-refractivity contribution < 1.29 is 22.0 Å². The fourth-order valence-electron chi connectivity index (χ4n) is 2.66. The molecule has 0 saturated heterocycles. The molecule has 26 heavy (non-hydrogen) atoms. The van der Waals surface area contributed by atoms with Crippen LogP contribution in [0, 0.1) is 12.7 Å². The number of amides is 1. The SMILES string of the molecule is Cc1c(C(=O)NCc2ccc(CS(N)(=O)=O)cc2)oc2ccc(F)cc12. The lowest BCUT2D eigenvalue weighted by atomic mass is 10.1. The summed E-state index contributed by atoms with van der Waals surface area (Å²) >= 11 is 0. The van der Waals surface area contributed by atoms with Gasteiger partial charge in [-0.05, 0) is 36.2 Å². The number of furan rings is 1. The van der Waals surface area contributed by atoms with Crippen LogP contribution in [0.5, 0.6) is 0 Å². The Hall–Kier alpha value is -2.71. The van der Waals surface area contributed by atoms with E-state index in [-0.39, 0.29) is 18.1 Å². The van der Waals surface area contributed by atoms with E-state index in [1.165, 1.54) is 18.2 Å². The van der Waals surface area contributed by atoms with Crippen LogP contribution in [-0.2, 0) is 22.3 Å². The molecule has 3 N–H and O–H groups in total. The molecule has 0 unspecified atom stereocenters. The molecular weight excluding hydrogens is 359 g/mol. The monoisotopic (exact) mass is 376 g/mol. The van der Waals surface area contributed by atoms with Crippen molar-refractivity contribution in [3.05, 3.63) is 70.7 Å². The lowest BCUT2D eigenvalue weighted by Crippen LogP contribution is -2.23. The number of benzene rings is 2. The Morgan fingerprint density at radius 1 is 1.15 bits per heavy atom. The number of primary sulfonamides is 1. The van der Waals surface area contributed by atoms with Gasteiger partial charge in [0.15, 0.2) is 5.76 Å². The number of fused-ring (bicyclic) bond motifs is 1. The lowest BCUT2D eigenvalue weighted by molar-refractivity contribution is 0.0924. The maximum atomic E-state index is 13.3. The highest BCUT2D eigenvalue weighted by Gasteiger charge is 2.17. The molecule has 136 valence electrons. The van der Waals surface area contributed by atoms with Crippen LogP contribution >= 0.6 is 0 Å². The van der Waals surface area contributed by atoms with Crippen molar-refractivity contribution in [2.24, 2.45) is 5.14 Å². The molecule has 6 nitrogen and oxygen atoms in total. The molecule has 0 bridgehead atoms. The smallest absolute Gasteiger partial charge is 0.287 e. The fraction of sp³-hybridized carbons (Fsp3) is 0.167. The Labute approximate surface area is 149 Å². The van der Waals surface area contributed by atoms with Crippen molar-refractivity contribution in [2.75, 3.05) is 0 Å². The second-order valence-electron chi connectivity index (χ2n) is 6.00. The molecule has 1 amide bonds. The second kappa shape index (κ2) is 6.89. The predicted molar refractivity (Wildman–Crippen MR) is 95.3 cm³/mol. The third kappa shape index (κ3) is 4.09. The van der Waals surface area contributed by atoms with E-state index < -0.39 is 21.7 Å². The van der Waals surface area contributed by atoms with Gasteiger partial charge in [0.05, 0.1) is 5.75 Å². The molecule has 1 heterocycles. The quantitative estimate of drug-likeness (QED) is 0.714. The molecule has 2 aromatic carbocycles. The van der Waals surface area contributed by atoms with E-state index in [0.29, 0.717) is 22.1 Å². The van der Waals surface area contributed by atoms with Crippen LogP contribution in [0.25, 0.3) is 11.0 Å². The van der Waals surface area contributed by atoms with E-state index in [1.54, 1.807) is 31.2 Å². The average Bonchev–Trinajstić information content (AvgIpc) is 2.89. The molecule has 0 aliphatic heterocycles. The summed E-state index contributed by atoms with van der Waals surface area (Å²) < 4.78 is 41.0. The first-order valence-electron chi connectivity index (χ1n) is 7.78. The number of sulfonamides is 1. The van der Waals surface area contributed by atoms with Crippen LogP contribution in [0.1, 0.15) is 27.2 Å². The molecule has 1 aromatic heterocycles. The molecule has 0 aliphatic rings. The number of nitrogens with two attached hydrogens (primary N) is 1. The predicted octanol–water partition coefficient (Wildman–Crippen LogP) is 2.60. The van der Waals surface area contributed by atoms with E-state index in [4.69, 9.17) is 9.56 Å². The van der Waals surface area contributed by atoms with Gasteiger partial charge >= 0.3 is 0 Å². The Bertz CT molecular complexity index is 1070. The summed E-state index contributed by atoms with van der Waals surface area (Å²) in [6.07, 6.45) is 0. The lowest BCUT2D eigenvalue weighted by Gasteiger charge is -2.05. The minimum Gasteiger partial charge on any atom is -0.451 e. The van der Waals surface area contributed by atoms with Crippen LogP contribution in [0.4, 0.5) is 4.39 Å². The highest BCUT2D eigenvalue weighted by atomic mass is 32.2. The van der Waals surface area contributed by atoms with Crippen LogP contribution in [0.3, 0.4) is 0 Å². The third-order valence-corrected chi connectivity index (χ3v) is 4.68. The zero-order valence-corrected chi connectivity index (χ0v) is 14.8. The van der Waals surface area contributed by atoms with Crippen molar-refractivity contribution >= 4 is 26.9 Å². The molecule has 0 fully saturated rings. The summed E-state index contributed by atoms with van der Waals surface area (Å²) in [6, 6.07) is 10.8. The molecule has 0 radical (unpaired) electrons. The maximum absolute atomic E-state index is 13.3. The van der Waals surface area contributed by atoms with E-state index in [0.717, 1.165) is 5.56 Å². The van der Waals surface area contributed by atoms with Crippen molar-refractivity contribution in [3.8, 4) is 0 Å². The Morgan fingerprint density at radius 2 is 1.81 bits per heavy atom. The van der Waals surface area contributed by atoms with Gasteiger partial charge in [0.25, 0.3) is 5.91 Å². The highest BCUT2D eigenvalue weighted by molar-refractivity contribution is 7.88. The van der Waals surface area contributed by atoms with Gasteiger partial charge in [0.2, 0.25) is 10.0 Å². The zero-order chi connectivity index (χ0) is 18.9. The third-order valence-electron chi connectivity index (χ3n) is 3.95. The number of nitrogens with one attached hydrogen (secondary N) is 1. The van der Waals surface area contributed by atoms with E-state index in [9.17, 15) is 17.6 Å². The van der Waals surface area contributed by atoms with Crippen molar-refractivity contribution in [1.82, 2.24) is 5.32 Å². The van der Waals surface area contributed by atoms with Crippen molar-refractivity contribution in [2.45, 2.75) is 19.2 Å². The van der Waals surface area contributed by atoms with Gasteiger partial charge in [0.1, 0.15) is 11.4 Å². The van der Waals surface area contributed by atoms with Crippen LogP contribution in [-0.4, -0.2) is 14.3 Å². The summed E-state index contributed by atoms with van der Waals surface area (Å²) in [4.78, 5) is 12.4. The van der Waals surface area contributed by atoms with E-state index >= 15 is 0 Å². The molecular formula is C18H17FN2O4S. The number of carbonyl (C=O) groups is 1. The molecule has 0 saturated carbocycles. The minimum absolute atomic E-state index is 0.136. The largest absolute Gasteiger partial charge is 0.451 e. The normalized spacial score (nSPS) is 11.7. The molecule has 0 atom stereocenters. The average molecular weight is 376 g/mol. The first kappa shape index (κ1) is 18.1. The van der Waals surface area contributed by atoms with Gasteiger partial charge in [0, 0.05) is 17.5 Å². The molecule has 3 rings (SSSR count). The molecule has 8 heteroatoms. The van der Waals surface area contributed by atoms with Crippen LogP contribution in [0.15, 0.2) is 46.9 Å². The number of hydrogen-bond acceptors (Lipinski definition) is 4. The first-order valence-corrected chi connectivity index (χ1v) is 9.49. The number of aryl methyl sites for hydroxylation is 1. The summed E-state index contributed by atoms with van der Waals surface area (Å²) in [5, 5.41) is 8.29. The standard InChI is InChI=1S/C18H17FN2O4S/c1-11-15-8-14(19)6-7-16(15)25-17(11)18(22)21-9-12-2-4-13(5-3-12)10-26(20,23)24/h2-8H,9-10H2,1H3,(H,21,22)(H2,20,23,24). The van der Waals surface area contributed by atoms with Gasteiger partial charge in [-0.15, -0.1) is 0 Å². The van der Waals surface area contributed by atoms with Crippen LogP contribution in [0.2, 0.25) is 0 Å². The van der Waals surface area contributed by atoms with E-state index in [2.05, 4.69) is 5.32 Å². The second-order valence-corrected chi connectivity index (χ2v) is 7.62. The van der Waals surface area contributed by atoms with Crippen LogP contribution < -0.4 is 10.5 Å². The molecule has 0 aliphatic carbocycles. The van der Waals surface area contributed by atoms with Crippen molar-refractivity contribution in [1.29, 1.82) is 0 Å². The van der Waals surface area contributed by atoms with Gasteiger partial charge in [-0.25, -0.2) is 17.9 Å². The minimum atomic E-state index is -3.58. The topological polar surface area (TPSA) is 102 Å². The van der Waals surface area contributed by atoms with Gasteiger partial charge in [-0.3, -0.25) is 4.79 Å². The van der Waals surface area contributed by atoms with Gasteiger partial charge < -0.3 is 9.73 Å². The molecule has 0 spiro atoms. The number of rotatable bonds is 5. The highest BCUT2D eigenvalue weighted by Crippen LogP contribution is 2.26. The zero-order valence-electron chi connectivity index (χ0n) is 14.0. The summed E-state index contributed by atoms with van der Waals surface area (Å²) in [5.74, 6) is -0.911. The fourth-order valence-corrected chi connectivity index (χ4v) is 3.32. The number of carbonyl (C=O) groups excluding carboxylic acids is 1. The summed E-state index contributed by atoms with van der Waals surface area (Å²) in [7, 11) is -3.58.